The summed E-state index contributed by atoms with van der Waals surface area (Å²) < 4.78 is 1.81. The average molecular weight is 343 g/mol. The third kappa shape index (κ3) is 2.90. The summed E-state index contributed by atoms with van der Waals surface area (Å²) in [6.07, 6.45) is 9.11. The summed E-state index contributed by atoms with van der Waals surface area (Å²) in [4.78, 5) is 20.6. The smallest absolute Gasteiger partial charge is 0.273 e. The SMILES string of the molecule is O=C(NCc1ccc(-n2ccnc2)nc1)c1n[nH]c(C2CC2)c1Cl. The predicted octanol–water partition coefficient (Wildman–Crippen LogP) is 2.45. The van der Waals surface area contributed by atoms with Crippen LogP contribution in [0, 0.1) is 0 Å². The van der Waals surface area contributed by atoms with Gasteiger partial charge in [0.2, 0.25) is 0 Å². The van der Waals surface area contributed by atoms with Gasteiger partial charge in [-0.15, -0.1) is 0 Å². The summed E-state index contributed by atoms with van der Waals surface area (Å²) in [6, 6.07) is 3.78. The first kappa shape index (κ1) is 14.9. The van der Waals surface area contributed by atoms with E-state index < -0.39 is 0 Å². The Morgan fingerprint density at radius 3 is 2.96 bits per heavy atom. The fourth-order valence-electron chi connectivity index (χ4n) is 2.47. The third-order valence-corrected chi connectivity index (χ3v) is 4.35. The van der Waals surface area contributed by atoms with Crippen LogP contribution >= 0.6 is 11.6 Å². The van der Waals surface area contributed by atoms with Gasteiger partial charge < -0.3 is 5.32 Å². The monoisotopic (exact) mass is 342 g/mol. The van der Waals surface area contributed by atoms with Crippen molar-refractivity contribution in [2.45, 2.75) is 25.3 Å². The van der Waals surface area contributed by atoms with Crippen LogP contribution in [-0.2, 0) is 6.54 Å². The lowest BCUT2D eigenvalue weighted by atomic mass is 10.2. The van der Waals surface area contributed by atoms with Gasteiger partial charge in [-0.25, -0.2) is 9.97 Å². The van der Waals surface area contributed by atoms with Crippen LogP contribution in [0.4, 0.5) is 0 Å². The Balaban J connectivity index is 1.40. The van der Waals surface area contributed by atoms with Crippen LogP contribution < -0.4 is 5.32 Å². The van der Waals surface area contributed by atoms with Crippen molar-refractivity contribution >= 4 is 17.5 Å². The summed E-state index contributed by atoms with van der Waals surface area (Å²) in [7, 11) is 0. The van der Waals surface area contributed by atoms with Crippen LogP contribution in [0.25, 0.3) is 5.82 Å². The van der Waals surface area contributed by atoms with E-state index in [-0.39, 0.29) is 11.6 Å². The van der Waals surface area contributed by atoms with E-state index in [1.54, 1.807) is 18.7 Å². The third-order valence-electron chi connectivity index (χ3n) is 3.96. The zero-order valence-electron chi connectivity index (χ0n) is 12.7. The Labute approximate surface area is 143 Å². The molecule has 8 heteroatoms. The number of nitrogens with zero attached hydrogens (tertiary/aromatic N) is 4. The highest BCUT2D eigenvalue weighted by Gasteiger charge is 2.30. The van der Waals surface area contributed by atoms with Gasteiger partial charge in [-0.05, 0) is 24.5 Å². The van der Waals surface area contributed by atoms with Crippen LogP contribution in [0.5, 0.6) is 0 Å². The van der Waals surface area contributed by atoms with E-state index in [4.69, 9.17) is 11.6 Å². The Hall–Kier alpha value is -2.67. The zero-order valence-corrected chi connectivity index (χ0v) is 13.5. The lowest BCUT2D eigenvalue weighted by molar-refractivity contribution is 0.0946. The molecule has 3 heterocycles. The van der Waals surface area contributed by atoms with Gasteiger partial charge in [-0.2, -0.15) is 5.10 Å². The molecule has 1 aliphatic rings. The van der Waals surface area contributed by atoms with Crippen molar-refractivity contribution in [1.29, 1.82) is 0 Å². The maximum Gasteiger partial charge on any atom is 0.273 e. The second-order valence-electron chi connectivity index (χ2n) is 5.75. The molecule has 122 valence electrons. The minimum Gasteiger partial charge on any atom is -0.346 e. The van der Waals surface area contributed by atoms with Gasteiger partial charge in [0.25, 0.3) is 5.91 Å². The van der Waals surface area contributed by atoms with Crippen molar-refractivity contribution in [3.8, 4) is 5.82 Å². The van der Waals surface area contributed by atoms with E-state index in [1.165, 1.54) is 0 Å². The second-order valence-corrected chi connectivity index (χ2v) is 6.13. The molecule has 0 aromatic carbocycles. The molecule has 7 nitrogen and oxygen atoms in total. The molecule has 24 heavy (non-hydrogen) atoms. The number of rotatable bonds is 5. The van der Waals surface area contributed by atoms with E-state index in [0.717, 1.165) is 29.9 Å². The van der Waals surface area contributed by atoms with E-state index in [1.807, 2.05) is 22.9 Å². The first-order valence-corrected chi connectivity index (χ1v) is 8.05. The van der Waals surface area contributed by atoms with Gasteiger partial charge in [0.1, 0.15) is 12.1 Å². The number of amides is 1. The first-order chi connectivity index (χ1) is 11.7. The lowest BCUT2D eigenvalue weighted by Gasteiger charge is -2.05. The standard InChI is InChI=1S/C16H15ClN6O/c17-13-14(11-2-3-11)21-22-15(13)16(24)20-8-10-1-4-12(19-7-10)23-6-5-18-9-23/h1,4-7,9,11H,2-3,8H2,(H,20,24)(H,21,22). The Morgan fingerprint density at radius 2 is 2.29 bits per heavy atom. The number of hydrogen-bond acceptors (Lipinski definition) is 4. The number of H-pyrrole nitrogens is 1. The summed E-state index contributed by atoms with van der Waals surface area (Å²) >= 11 is 6.24. The molecular formula is C16H15ClN6O. The van der Waals surface area contributed by atoms with Gasteiger partial charge >= 0.3 is 0 Å². The molecule has 2 N–H and O–H groups in total. The fourth-order valence-corrected chi connectivity index (χ4v) is 2.79. The van der Waals surface area contributed by atoms with Crippen molar-refractivity contribution in [3.05, 3.63) is 59.0 Å². The average Bonchev–Trinajstić information content (AvgIpc) is 3.15. The number of pyridine rings is 1. The number of aromatic amines is 1. The summed E-state index contributed by atoms with van der Waals surface area (Å²) in [5.41, 5.74) is 2.01. The number of carbonyl (C=O) groups is 1. The van der Waals surface area contributed by atoms with E-state index in [9.17, 15) is 4.79 Å². The van der Waals surface area contributed by atoms with Crippen molar-refractivity contribution in [2.75, 3.05) is 0 Å². The van der Waals surface area contributed by atoms with E-state index >= 15 is 0 Å². The van der Waals surface area contributed by atoms with Crippen LogP contribution in [0.3, 0.4) is 0 Å². The highest BCUT2D eigenvalue weighted by atomic mass is 35.5. The molecule has 3 aromatic rings. The van der Waals surface area contributed by atoms with Crippen molar-refractivity contribution in [3.63, 3.8) is 0 Å². The normalized spacial score (nSPS) is 13.9. The number of nitrogens with one attached hydrogen (secondary N) is 2. The van der Waals surface area contributed by atoms with Crippen LogP contribution in [0.1, 0.15) is 40.5 Å². The highest BCUT2D eigenvalue weighted by Crippen LogP contribution is 2.42. The molecule has 1 saturated carbocycles. The quantitative estimate of drug-likeness (QED) is 0.745. The molecule has 0 aliphatic heterocycles. The number of hydrogen-bond donors (Lipinski definition) is 2. The molecule has 0 radical (unpaired) electrons. The minimum absolute atomic E-state index is 0.251. The van der Waals surface area contributed by atoms with Crippen molar-refractivity contribution in [2.24, 2.45) is 0 Å². The second kappa shape index (κ2) is 6.09. The van der Waals surface area contributed by atoms with Gasteiger partial charge in [-0.1, -0.05) is 17.7 Å². The Morgan fingerprint density at radius 1 is 1.42 bits per heavy atom. The Kier molecular flexibility index (Phi) is 3.78. The maximum atomic E-state index is 12.2. The van der Waals surface area contributed by atoms with Gasteiger partial charge in [0.05, 0.1) is 10.7 Å². The molecule has 1 amide bonds. The number of imidazole rings is 1. The van der Waals surface area contributed by atoms with Crippen LogP contribution in [0.15, 0.2) is 37.1 Å². The molecular weight excluding hydrogens is 328 g/mol. The molecule has 0 spiro atoms. The summed E-state index contributed by atoms with van der Waals surface area (Å²) in [5, 5.41) is 10.2. The van der Waals surface area contributed by atoms with Gasteiger partial charge in [0, 0.05) is 31.1 Å². The topological polar surface area (TPSA) is 88.5 Å². The lowest BCUT2D eigenvalue weighted by Crippen LogP contribution is -2.23. The molecule has 0 atom stereocenters. The molecule has 1 aliphatic carbocycles. The number of halogens is 1. The molecule has 0 bridgehead atoms. The molecule has 4 rings (SSSR count). The molecule has 0 saturated heterocycles. The first-order valence-electron chi connectivity index (χ1n) is 7.67. The minimum atomic E-state index is -0.290. The largest absolute Gasteiger partial charge is 0.346 e. The summed E-state index contributed by atoms with van der Waals surface area (Å²) in [6.45, 7) is 0.359. The Bertz CT molecular complexity index is 851. The fraction of sp³-hybridized carbons (Fsp3) is 0.250. The number of carbonyl (C=O) groups excluding carboxylic acids is 1. The summed E-state index contributed by atoms with van der Waals surface area (Å²) in [5.74, 6) is 0.903. The molecule has 0 unspecified atom stereocenters. The van der Waals surface area contributed by atoms with Crippen LogP contribution in [0.2, 0.25) is 5.02 Å². The predicted molar refractivity (Wildman–Crippen MR) is 88.1 cm³/mol. The number of aromatic nitrogens is 5. The zero-order chi connectivity index (χ0) is 16.5. The van der Waals surface area contributed by atoms with E-state index in [0.29, 0.717) is 17.5 Å². The molecule has 3 aromatic heterocycles. The maximum absolute atomic E-state index is 12.2. The van der Waals surface area contributed by atoms with Gasteiger partial charge in [0.15, 0.2) is 5.69 Å². The van der Waals surface area contributed by atoms with E-state index in [2.05, 4.69) is 25.5 Å². The van der Waals surface area contributed by atoms with Crippen LogP contribution in [-0.4, -0.2) is 30.6 Å². The molecule has 1 fully saturated rings. The van der Waals surface area contributed by atoms with Crippen molar-refractivity contribution in [1.82, 2.24) is 30.0 Å². The highest BCUT2D eigenvalue weighted by molar-refractivity contribution is 6.34. The van der Waals surface area contributed by atoms with Crippen molar-refractivity contribution < 1.29 is 4.79 Å². The van der Waals surface area contributed by atoms with Gasteiger partial charge in [-0.3, -0.25) is 14.5 Å².